The lowest BCUT2D eigenvalue weighted by molar-refractivity contribution is -0.145. The van der Waals surface area contributed by atoms with Gasteiger partial charge in [-0.1, -0.05) is 59.6 Å². The average molecular weight is 642 g/mol. The highest BCUT2D eigenvalue weighted by Gasteiger charge is 2.32. The number of nitrogens with zero attached hydrogens (tertiary/aromatic N) is 3. The number of aliphatic carboxylic acids is 1. The number of hydrogen-bond acceptors (Lipinski definition) is 8. The standard InChI is InChI=1S/C30H29Cl2N5O7/c1-30(15-38,28(41)42)33-13-16-11-12-21(35-26(16)44-4)19-9-5-7-17(23(19)31)18-8-6-10-22(24(18)32)34-25(39)20-14-36(2)29(43)37(3)27(20)40/h5-12,14,33,38H,13,15H2,1-4H3,(H,34,39)(H,41,42). The maximum Gasteiger partial charge on any atom is 0.330 e. The van der Waals surface area contributed by atoms with Gasteiger partial charge in [-0.25, -0.2) is 9.78 Å². The molecule has 0 bridgehead atoms. The van der Waals surface area contributed by atoms with E-state index in [-0.39, 0.29) is 28.7 Å². The maximum atomic E-state index is 13.0. The monoisotopic (exact) mass is 641 g/mol. The van der Waals surface area contributed by atoms with E-state index in [1.165, 1.54) is 28.1 Å². The molecule has 4 aromatic rings. The van der Waals surface area contributed by atoms with E-state index in [0.717, 1.165) is 15.3 Å². The van der Waals surface area contributed by atoms with Crippen LogP contribution in [0.25, 0.3) is 22.4 Å². The van der Waals surface area contributed by atoms with Crippen LogP contribution < -0.4 is 26.6 Å². The number of carbonyl (C=O) groups excluding carboxylic acids is 1. The van der Waals surface area contributed by atoms with Gasteiger partial charge in [0.1, 0.15) is 11.1 Å². The fourth-order valence-electron chi connectivity index (χ4n) is 4.35. The van der Waals surface area contributed by atoms with E-state index in [0.29, 0.717) is 33.0 Å². The molecule has 4 rings (SSSR count). The third kappa shape index (κ3) is 6.24. The number of rotatable bonds is 10. The van der Waals surface area contributed by atoms with Crippen LogP contribution in [0.2, 0.25) is 10.0 Å². The minimum absolute atomic E-state index is 0.0626. The summed E-state index contributed by atoms with van der Waals surface area (Å²) >= 11 is 13.6. The molecular formula is C30H29Cl2N5O7. The van der Waals surface area contributed by atoms with Crippen LogP contribution in [0.4, 0.5) is 5.69 Å². The molecule has 0 saturated carbocycles. The quantitative estimate of drug-likeness (QED) is 0.203. The van der Waals surface area contributed by atoms with Crippen LogP contribution in [0.15, 0.2) is 64.3 Å². The SMILES string of the molecule is COc1nc(-c2cccc(-c3cccc(NC(=O)c4cn(C)c(=O)n(C)c4=O)c3Cl)c2Cl)ccc1CNC(C)(CO)C(=O)O. The molecule has 44 heavy (non-hydrogen) atoms. The highest BCUT2D eigenvalue weighted by Crippen LogP contribution is 2.41. The van der Waals surface area contributed by atoms with Gasteiger partial charge in [-0.05, 0) is 19.1 Å². The van der Waals surface area contributed by atoms with E-state index in [4.69, 9.17) is 27.9 Å². The maximum absolute atomic E-state index is 13.0. The first-order valence-electron chi connectivity index (χ1n) is 13.1. The number of aromatic nitrogens is 3. The van der Waals surface area contributed by atoms with Gasteiger partial charge in [0.05, 0.1) is 35.1 Å². The number of aliphatic hydroxyl groups excluding tert-OH is 1. The summed E-state index contributed by atoms with van der Waals surface area (Å²) in [6.07, 6.45) is 1.16. The van der Waals surface area contributed by atoms with Crippen LogP contribution >= 0.6 is 23.2 Å². The molecule has 0 spiro atoms. The smallest absolute Gasteiger partial charge is 0.330 e. The van der Waals surface area contributed by atoms with E-state index < -0.39 is 35.3 Å². The molecule has 1 unspecified atom stereocenters. The van der Waals surface area contributed by atoms with E-state index in [9.17, 15) is 29.4 Å². The van der Waals surface area contributed by atoms with Gasteiger partial charge < -0.3 is 24.8 Å². The van der Waals surface area contributed by atoms with Crippen molar-refractivity contribution in [2.24, 2.45) is 14.1 Å². The lowest BCUT2D eigenvalue weighted by Crippen LogP contribution is -2.52. The van der Waals surface area contributed by atoms with Gasteiger partial charge in [-0.3, -0.25) is 24.3 Å². The number of carboxylic acid groups (broad SMARTS) is 1. The third-order valence-electron chi connectivity index (χ3n) is 7.09. The number of anilines is 1. The number of aliphatic hydroxyl groups is 1. The second-order valence-electron chi connectivity index (χ2n) is 10.1. The predicted octanol–water partition coefficient (Wildman–Crippen LogP) is 3.31. The van der Waals surface area contributed by atoms with Gasteiger partial charge in [0.2, 0.25) is 5.88 Å². The molecule has 0 saturated heterocycles. The minimum Gasteiger partial charge on any atom is -0.481 e. The molecule has 12 nitrogen and oxygen atoms in total. The van der Waals surface area contributed by atoms with Crippen molar-refractivity contribution in [1.29, 1.82) is 0 Å². The van der Waals surface area contributed by atoms with Crippen LogP contribution in [0.1, 0.15) is 22.8 Å². The molecule has 2 aromatic carbocycles. The fraction of sp³-hybridized carbons (Fsp3) is 0.233. The van der Waals surface area contributed by atoms with E-state index in [2.05, 4.69) is 15.6 Å². The highest BCUT2D eigenvalue weighted by molar-refractivity contribution is 6.39. The van der Waals surface area contributed by atoms with Crippen molar-refractivity contribution in [3.63, 3.8) is 0 Å². The Kier molecular flexibility index (Phi) is 9.59. The Morgan fingerprint density at radius 1 is 1.00 bits per heavy atom. The van der Waals surface area contributed by atoms with E-state index in [1.807, 2.05) is 0 Å². The molecule has 0 aliphatic carbocycles. The van der Waals surface area contributed by atoms with Crippen LogP contribution in [0.3, 0.4) is 0 Å². The molecule has 0 radical (unpaired) electrons. The molecule has 1 atom stereocenters. The summed E-state index contributed by atoms with van der Waals surface area (Å²) in [5, 5.41) is 24.9. The number of amides is 1. The molecule has 0 aliphatic heterocycles. The third-order valence-corrected chi connectivity index (χ3v) is 7.91. The van der Waals surface area contributed by atoms with Crippen molar-refractivity contribution in [3.8, 4) is 28.3 Å². The number of carbonyl (C=O) groups is 2. The zero-order valence-corrected chi connectivity index (χ0v) is 25.7. The fourth-order valence-corrected chi connectivity index (χ4v) is 4.95. The number of benzene rings is 2. The zero-order valence-electron chi connectivity index (χ0n) is 24.1. The highest BCUT2D eigenvalue weighted by atomic mass is 35.5. The predicted molar refractivity (Wildman–Crippen MR) is 167 cm³/mol. The molecule has 4 N–H and O–H groups in total. The Morgan fingerprint density at radius 3 is 2.27 bits per heavy atom. The van der Waals surface area contributed by atoms with Crippen molar-refractivity contribution in [3.05, 3.63) is 96.7 Å². The first kappa shape index (κ1) is 32.4. The number of carboxylic acids is 1. The van der Waals surface area contributed by atoms with Gasteiger partial charge in [0, 0.05) is 49.1 Å². The van der Waals surface area contributed by atoms with Crippen molar-refractivity contribution >= 4 is 40.8 Å². The van der Waals surface area contributed by atoms with Crippen molar-refractivity contribution < 1.29 is 24.5 Å². The molecule has 2 heterocycles. The Hall–Kier alpha value is -4.49. The Bertz CT molecular complexity index is 1890. The molecule has 0 fully saturated rings. The topological polar surface area (TPSA) is 165 Å². The van der Waals surface area contributed by atoms with Crippen molar-refractivity contribution in [2.75, 3.05) is 19.0 Å². The summed E-state index contributed by atoms with van der Waals surface area (Å²) in [4.78, 5) is 53.6. The van der Waals surface area contributed by atoms with Crippen molar-refractivity contribution in [2.45, 2.75) is 19.0 Å². The number of ether oxygens (including phenoxy) is 1. The molecule has 230 valence electrons. The second-order valence-corrected chi connectivity index (χ2v) is 10.9. The van der Waals surface area contributed by atoms with Gasteiger partial charge in [-0.2, -0.15) is 0 Å². The van der Waals surface area contributed by atoms with E-state index >= 15 is 0 Å². The summed E-state index contributed by atoms with van der Waals surface area (Å²) in [7, 11) is 4.15. The summed E-state index contributed by atoms with van der Waals surface area (Å²) < 4.78 is 7.42. The van der Waals surface area contributed by atoms with Crippen LogP contribution in [0, 0.1) is 0 Å². The lowest BCUT2D eigenvalue weighted by atomic mass is 10.00. The number of methoxy groups -OCH3 is 1. The van der Waals surface area contributed by atoms with Gasteiger partial charge in [-0.15, -0.1) is 0 Å². The van der Waals surface area contributed by atoms with Crippen LogP contribution in [0.5, 0.6) is 5.88 Å². The normalized spacial score (nSPS) is 12.4. The van der Waals surface area contributed by atoms with Gasteiger partial charge >= 0.3 is 11.7 Å². The zero-order chi connectivity index (χ0) is 32.3. The Labute approximate surface area is 261 Å². The second kappa shape index (κ2) is 13.0. The first-order chi connectivity index (χ1) is 20.8. The largest absolute Gasteiger partial charge is 0.481 e. The lowest BCUT2D eigenvalue weighted by Gasteiger charge is -2.24. The summed E-state index contributed by atoms with van der Waals surface area (Å²) in [6, 6.07) is 13.6. The molecule has 1 amide bonds. The average Bonchev–Trinajstić information content (AvgIpc) is 3.01. The van der Waals surface area contributed by atoms with Gasteiger partial charge in [0.15, 0.2) is 0 Å². The Balaban J connectivity index is 1.67. The Morgan fingerprint density at radius 2 is 1.64 bits per heavy atom. The summed E-state index contributed by atoms with van der Waals surface area (Å²) in [5.41, 5.74) is -0.279. The summed E-state index contributed by atoms with van der Waals surface area (Å²) in [6.45, 7) is 0.817. The molecule has 2 aromatic heterocycles. The number of pyridine rings is 1. The number of halogens is 2. The first-order valence-corrected chi connectivity index (χ1v) is 13.9. The minimum atomic E-state index is -1.55. The number of nitrogens with one attached hydrogen (secondary N) is 2. The van der Waals surface area contributed by atoms with Crippen LogP contribution in [-0.2, 0) is 25.4 Å². The van der Waals surface area contributed by atoms with E-state index in [1.54, 1.807) is 48.5 Å². The molecule has 0 aliphatic rings. The summed E-state index contributed by atoms with van der Waals surface area (Å²) in [5.74, 6) is -1.71. The number of hydrogen-bond donors (Lipinski definition) is 4. The van der Waals surface area contributed by atoms with Crippen LogP contribution in [-0.4, -0.2) is 55.5 Å². The van der Waals surface area contributed by atoms with Crippen molar-refractivity contribution in [1.82, 2.24) is 19.4 Å². The number of aryl methyl sites for hydroxylation is 1. The molecular weight excluding hydrogens is 613 g/mol. The molecule has 14 heteroatoms. The van der Waals surface area contributed by atoms with Gasteiger partial charge in [0.25, 0.3) is 11.5 Å².